The molecule has 0 aromatic carbocycles. The SMILES string of the molecule is Cn1cc(CC(=O)OC(C)(C)C)c(I)n1. The number of carbonyl (C=O) groups is 1. The Morgan fingerprint density at radius 3 is 2.60 bits per heavy atom. The van der Waals surface area contributed by atoms with E-state index in [1.165, 1.54) is 0 Å². The third kappa shape index (κ3) is 4.19. The first kappa shape index (κ1) is 12.5. The maximum atomic E-state index is 11.5. The maximum Gasteiger partial charge on any atom is 0.310 e. The number of hydrogen-bond donors (Lipinski definition) is 0. The minimum absolute atomic E-state index is 0.214. The van der Waals surface area contributed by atoms with Crippen LogP contribution in [-0.2, 0) is 23.0 Å². The number of ether oxygens (including phenoxy) is 1. The first-order valence-electron chi connectivity index (χ1n) is 4.68. The molecule has 0 radical (unpaired) electrons. The Labute approximate surface area is 103 Å². The van der Waals surface area contributed by atoms with E-state index in [9.17, 15) is 4.79 Å². The summed E-state index contributed by atoms with van der Waals surface area (Å²) in [6, 6.07) is 0. The zero-order valence-electron chi connectivity index (χ0n) is 9.37. The maximum absolute atomic E-state index is 11.5. The van der Waals surface area contributed by atoms with Crippen LogP contribution in [0.5, 0.6) is 0 Å². The number of esters is 1. The Balaban J connectivity index is 2.63. The number of rotatable bonds is 2. The van der Waals surface area contributed by atoms with E-state index in [0.29, 0.717) is 0 Å². The molecule has 0 saturated heterocycles. The normalized spacial score (nSPS) is 11.5. The standard InChI is InChI=1S/C10H15IN2O2/c1-10(2,3)15-8(14)5-7-6-13(4)12-9(7)11/h6H,5H2,1-4H3. The van der Waals surface area contributed by atoms with Crippen molar-refractivity contribution in [3.63, 3.8) is 0 Å². The molecule has 1 aromatic heterocycles. The molecule has 84 valence electrons. The Morgan fingerprint density at radius 2 is 2.20 bits per heavy atom. The van der Waals surface area contributed by atoms with Gasteiger partial charge in [0.05, 0.1) is 6.42 Å². The highest BCUT2D eigenvalue weighted by atomic mass is 127. The number of aromatic nitrogens is 2. The second kappa shape index (κ2) is 4.51. The third-order valence-corrected chi connectivity index (χ3v) is 2.52. The van der Waals surface area contributed by atoms with Crippen LogP contribution in [0.25, 0.3) is 0 Å². The zero-order chi connectivity index (χ0) is 11.6. The molecule has 0 aliphatic rings. The molecule has 0 amide bonds. The van der Waals surface area contributed by atoms with Gasteiger partial charge >= 0.3 is 5.97 Å². The number of aryl methyl sites for hydroxylation is 1. The highest BCUT2D eigenvalue weighted by Gasteiger charge is 2.18. The average Bonchev–Trinajstić information content (AvgIpc) is 2.25. The third-order valence-electron chi connectivity index (χ3n) is 1.61. The predicted molar refractivity (Wildman–Crippen MR) is 65.5 cm³/mol. The van der Waals surface area contributed by atoms with E-state index in [2.05, 4.69) is 27.7 Å². The Hall–Kier alpha value is -0.590. The summed E-state index contributed by atoms with van der Waals surface area (Å²) in [4.78, 5) is 11.5. The first-order chi connectivity index (χ1) is 6.78. The molecule has 0 fully saturated rings. The fraction of sp³-hybridized carbons (Fsp3) is 0.600. The Bertz CT molecular complexity index is 366. The van der Waals surface area contributed by atoms with Gasteiger partial charge in [-0.1, -0.05) is 0 Å². The summed E-state index contributed by atoms with van der Waals surface area (Å²) in [5, 5.41) is 4.16. The first-order valence-corrected chi connectivity index (χ1v) is 5.75. The lowest BCUT2D eigenvalue weighted by Crippen LogP contribution is -2.25. The van der Waals surface area contributed by atoms with Crippen molar-refractivity contribution in [3.05, 3.63) is 15.5 Å². The summed E-state index contributed by atoms with van der Waals surface area (Å²) in [5.41, 5.74) is 0.484. The fourth-order valence-corrected chi connectivity index (χ4v) is 1.83. The summed E-state index contributed by atoms with van der Waals surface area (Å²) in [6.07, 6.45) is 2.12. The van der Waals surface area contributed by atoms with Crippen molar-refractivity contribution in [2.24, 2.45) is 7.05 Å². The second-order valence-electron chi connectivity index (χ2n) is 4.38. The van der Waals surface area contributed by atoms with Gasteiger partial charge in [-0.2, -0.15) is 5.10 Å². The van der Waals surface area contributed by atoms with Gasteiger partial charge in [0.2, 0.25) is 0 Å². The molecule has 1 rings (SSSR count). The highest BCUT2D eigenvalue weighted by Crippen LogP contribution is 2.13. The van der Waals surface area contributed by atoms with E-state index >= 15 is 0 Å². The molecule has 0 aliphatic heterocycles. The van der Waals surface area contributed by atoms with Gasteiger partial charge in [0, 0.05) is 18.8 Å². The number of hydrogen-bond acceptors (Lipinski definition) is 3. The molecule has 0 N–H and O–H groups in total. The van der Waals surface area contributed by atoms with E-state index < -0.39 is 5.60 Å². The van der Waals surface area contributed by atoms with Crippen LogP contribution in [0.2, 0.25) is 0 Å². The van der Waals surface area contributed by atoms with Crippen molar-refractivity contribution in [2.45, 2.75) is 32.8 Å². The lowest BCUT2D eigenvalue weighted by atomic mass is 10.2. The van der Waals surface area contributed by atoms with E-state index in [1.54, 1.807) is 4.68 Å². The van der Waals surface area contributed by atoms with Crippen molar-refractivity contribution in [2.75, 3.05) is 0 Å². The van der Waals surface area contributed by atoms with Crippen molar-refractivity contribution in [1.29, 1.82) is 0 Å². The minimum atomic E-state index is -0.426. The monoisotopic (exact) mass is 322 g/mol. The van der Waals surface area contributed by atoms with Gasteiger partial charge in [0.1, 0.15) is 9.30 Å². The molecule has 0 aliphatic carbocycles. The molecule has 1 aromatic rings. The van der Waals surface area contributed by atoms with E-state index in [4.69, 9.17) is 4.74 Å². The fourth-order valence-electron chi connectivity index (χ4n) is 1.16. The van der Waals surface area contributed by atoms with Crippen LogP contribution in [0, 0.1) is 3.70 Å². The van der Waals surface area contributed by atoms with Gasteiger partial charge < -0.3 is 4.74 Å². The van der Waals surface area contributed by atoms with E-state index in [1.807, 2.05) is 34.0 Å². The quantitative estimate of drug-likeness (QED) is 0.617. The Kier molecular flexibility index (Phi) is 3.75. The highest BCUT2D eigenvalue weighted by molar-refractivity contribution is 14.1. The largest absolute Gasteiger partial charge is 0.460 e. The van der Waals surface area contributed by atoms with Gasteiger partial charge in [-0.25, -0.2) is 0 Å². The van der Waals surface area contributed by atoms with Crippen LogP contribution in [0.1, 0.15) is 26.3 Å². The van der Waals surface area contributed by atoms with Crippen LogP contribution in [0.15, 0.2) is 6.20 Å². The lowest BCUT2D eigenvalue weighted by molar-refractivity contribution is -0.153. The molecule has 0 unspecified atom stereocenters. The van der Waals surface area contributed by atoms with Gasteiger partial charge in [-0.15, -0.1) is 0 Å². The number of carbonyl (C=O) groups excluding carboxylic acids is 1. The molecular weight excluding hydrogens is 307 g/mol. The van der Waals surface area contributed by atoms with Gasteiger partial charge in [-0.3, -0.25) is 9.48 Å². The lowest BCUT2D eigenvalue weighted by Gasteiger charge is -2.19. The zero-order valence-corrected chi connectivity index (χ0v) is 11.5. The predicted octanol–water partition coefficient (Wildman–Crippen LogP) is 1.91. The average molecular weight is 322 g/mol. The smallest absolute Gasteiger partial charge is 0.310 e. The van der Waals surface area contributed by atoms with Crippen molar-refractivity contribution >= 4 is 28.6 Å². The van der Waals surface area contributed by atoms with Crippen molar-refractivity contribution < 1.29 is 9.53 Å². The van der Waals surface area contributed by atoms with E-state index in [0.717, 1.165) is 9.26 Å². The van der Waals surface area contributed by atoms with Crippen molar-refractivity contribution in [3.8, 4) is 0 Å². The Morgan fingerprint density at radius 1 is 1.60 bits per heavy atom. The van der Waals surface area contributed by atoms with Crippen molar-refractivity contribution in [1.82, 2.24) is 9.78 Å². The summed E-state index contributed by atoms with van der Waals surface area (Å²) < 4.78 is 7.77. The minimum Gasteiger partial charge on any atom is -0.460 e. The number of nitrogens with zero attached hydrogens (tertiary/aromatic N) is 2. The molecule has 4 nitrogen and oxygen atoms in total. The second-order valence-corrected chi connectivity index (χ2v) is 5.40. The van der Waals surface area contributed by atoms with Crippen LogP contribution < -0.4 is 0 Å². The van der Waals surface area contributed by atoms with Gasteiger partial charge in [0.25, 0.3) is 0 Å². The van der Waals surface area contributed by atoms with Gasteiger partial charge in [-0.05, 0) is 43.4 Å². The van der Waals surface area contributed by atoms with Gasteiger partial charge in [0.15, 0.2) is 0 Å². The molecule has 0 saturated carbocycles. The topological polar surface area (TPSA) is 44.1 Å². The summed E-state index contributed by atoms with van der Waals surface area (Å²) in [7, 11) is 1.83. The molecule has 0 bridgehead atoms. The summed E-state index contributed by atoms with van der Waals surface area (Å²) in [6.45, 7) is 5.58. The van der Waals surface area contributed by atoms with Crippen LogP contribution >= 0.6 is 22.6 Å². The molecular formula is C10H15IN2O2. The summed E-state index contributed by atoms with van der Waals surface area (Å²) >= 11 is 2.11. The molecule has 0 spiro atoms. The van der Waals surface area contributed by atoms with Crippen LogP contribution in [-0.4, -0.2) is 21.4 Å². The molecule has 0 atom stereocenters. The molecule has 1 heterocycles. The molecule has 15 heavy (non-hydrogen) atoms. The summed E-state index contributed by atoms with van der Waals surface area (Å²) in [5.74, 6) is -0.214. The van der Waals surface area contributed by atoms with Crippen LogP contribution in [0.4, 0.5) is 0 Å². The van der Waals surface area contributed by atoms with Crippen LogP contribution in [0.3, 0.4) is 0 Å². The van der Waals surface area contributed by atoms with E-state index in [-0.39, 0.29) is 12.4 Å². The number of halogens is 1. The molecule has 5 heteroatoms.